The van der Waals surface area contributed by atoms with E-state index < -0.39 is 10.0 Å². The Kier molecular flexibility index (Phi) is 5.74. The van der Waals surface area contributed by atoms with Gasteiger partial charge < -0.3 is 9.47 Å². The number of nitrogens with zero attached hydrogens (tertiary/aromatic N) is 2. The average Bonchev–Trinajstić information content (AvgIpc) is 3.07. The van der Waals surface area contributed by atoms with Crippen LogP contribution in [0.15, 0.2) is 83.8 Å². The minimum atomic E-state index is -3.72. The number of benzene rings is 3. The molecule has 0 spiro atoms. The smallest absolute Gasteiger partial charge is 0.263 e. The number of sulfonamides is 1. The highest BCUT2D eigenvalue weighted by Gasteiger charge is 2.22. The lowest BCUT2D eigenvalue weighted by Gasteiger charge is -2.21. The molecule has 1 aromatic heterocycles. The molecule has 5 nitrogen and oxygen atoms in total. The van der Waals surface area contributed by atoms with Gasteiger partial charge in [-0.25, -0.2) is 8.42 Å². The van der Waals surface area contributed by atoms with Crippen molar-refractivity contribution in [1.29, 1.82) is 0 Å². The van der Waals surface area contributed by atoms with Gasteiger partial charge in [0.15, 0.2) is 0 Å². The maximum Gasteiger partial charge on any atom is 0.263 e. The minimum absolute atomic E-state index is 0.239. The summed E-state index contributed by atoms with van der Waals surface area (Å²) in [5.74, 6) is 0.556. The van der Waals surface area contributed by atoms with Gasteiger partial charge in [0.2, 0.25) is 0 Å². The quantitative estimate of drug-likeness (QED) is 0.419. The molecular formula is C25H27N3O2S. The summed E-state index contributed by atoms with van der Waals surface area (Å²) >= 11 is 0. The molecule has 0 aliphatic heterocycles. The summed E-state index contributed by atoms with van der Waals surface area (Å²) in [7, 11) is -1.83. The number of hydrogen-bond acceptors (Lipinski definition) is 3. The standard InChI is InChI=1S/C25H27N3O2S/c1-4-28(5-2)20-17-15-19(16-18-20)24-22-13-9-10-14-23(22)27(3)25(24)26-31(29,30)21-11-7-6-8-12-21/h6-18,26H,4-5H2,1-3H3. The molecule has 0 fully saturated rings. The van der Waals surface area contributed by atoms with Crippen molar-refractivity contribution in [2.45, 2.75) is 18.7 Å². The summed E-state index contributed by atoms with van der Waals surface area (Å²) in [4.78, 5) is 2.52. The van der Waals surface area contributed by atoms with E-state index in [0.717, 1.165) is 40.8 Å². The minimum Gasteiger partial charge on any atom is -0.372 e. The third kappa shape index (κ3) is 3.91. The Bertz CT molecular complexity index is 1290. The van der Waals surface area contributed by atoms with Crippen LogP contribution in [0.3, 0.4) is 0 Å². The molecule has 3 aromatic carbocycles. The molecule has 6 heteroatoms. The topological polar surface area (TPSA) is 54.3 Å². The van der Waals surface area contributed by atoms with Crippen molar-refractivity contribution in [3.05, 3.63) is 78.9 Å². The van der Waals surface area contributed by atoms with E-state index in [9.17, 15) is 8.42 Å². The zero-order valence-corrected chi connectivity index (χ0v) is 18.9. The van der Waals surface area contributed by atoms with Crippen molar-refractivity contribution >= 4 is 32.4 Å². The van der Waals surface area contributed by atoms with Crippen LogP contribution < -0.4 is 9.62 Å². The zero-order chi connectivity index (χ0) is 22.0. The maximum atomic E-state index is 13.1. The summed E-state index contributed by atoms with van der Waals surface area (Å²) in [5, 5.41) is 1.01. The Hall–Kier alpha value is -3.25. The number of aryl methyl sites for hydroxylation is 1. The van der Waals surface area contributed by atoms with Crippen LogP contribution in [0.25, 0.3) is 22.0 Å². The monoisotopic (exact) mass is 433 g/mol. The van der Waals surface area contributed by atoms with E-state index in [0.29, 0.717) is 5.82 Å². The third-order valence-corrected chi connectivity index (χ3v) is 7.03. The van der Waals surface area contributed by atoms with Gasteiger partial charge in [0.1, 0.15) is 5.82 Å². The normalized spacial score (nSPS) is 11.6. The van der Waals surface area contributed by atoms with Crippen molar-refractivity contribution in [2.24, 2.45) is 7.05 Å². The van der Waals surface area contributed by atoms with Gasteiger partial charge in [-0.3, -0.25) is 4.72 Å². The lowest BCUT2D eigenvalue weighted by atomic mass is 10.0. The Labute approximate surface area is 184 Å². The lowest BCUT2D eigenvalue weighted by Crippen LogP contribution is -2.21. The lowest BCUT2D eigenvalue weighted by molar-refractivity contribution is 0.601. The van der Waals surface area contributed by atoms with E-state index in [-0.39, 0.29) is 4.90 Å². The van der Waals surface area contributed by atoms with Crippen molar-refractivity contribution in [3.63, 3.8) is 0 Å². The molecule has 4 aromatic rings. The molecule has 0 saturated heterocycles. The van der Waals surface area contributed by atoms with Crippen LogP contribution in [-0.4, -0.2) is 26.1 Å². The Morgan fingerprint density at radius 3 is 2.10 bits per heavy atom. The van der Waals surface area contributed by atoms with Crippen LogP contribution in [0.2, 0.25) is 0 Å². The zero-order valence-electron chi connectivity index (χ0n) is 18.0. The third-order valence-electron chi connectivity index (χ3n) is 5.68. The summed E-state index contributed by atoms with van der Waals surface area (Å²) < 4.78 is 31.0. The molecule has 0 bridgehead atoms. The Morgan fingerprint density at radius 1 is 0.839 bits per heavy atom. The van der Waals surface area contributed by atoms with Gasteiger partial charge in [-0.05, 0) is 49.7 Å². The van der Waals surface area contributed by atoms with Crippen LogP contribution in [0, 0.1) is 0 Å². The van der Waals surface area contributed by atoms with E-state index in [1.54, 1.807) is 30.3 Å². The summed E-state index contributed by atoms with van der Waals surface area (Å²) in [6.07, 6.45) is 0. The first kappa shape index (κ1) is 21.0. The molecule has 0 saturated carbocycles. The number of rotatable bonds is 7. The Balaban J connectivity index is 1.86. The molecule has 0 radical (unpaired) electrons. The number of nitrogens with one attached hydrogen (secondary N) is 1. The van der Waals surface area contributed by atoms with E-state index in [4.69, 9.17) is 0 Å². The highest BCUT2D eigenvalue weighted by atomic mass is 32.2. The molecule has 31 heavy (non-hydrogen) atoms. The van der Waals surface area contributed by atoms with Crippen molar-refractivity contribution < 1.29 is 8.42 Å². The van der Waals surface area contributed by atoms with Crippen LogP contribution in [0.1, 0.15) is 13.8 Å². The molecule has 4 rings (SSSR count). The molecule has 1 heterocycles. The second-order valence-corrected chi connectivity index (χ2v) is 9.12. The predicted molar refractivity (Wildman–Crippen MR) is 129 cm³/mol. The van der Waals surface area contributed by atoms with E-state index >= 15 is 0 Å². The number of anilines is 2. The first-order chi connectivity index (χ1) is 15.0. The van der Waals surface area contributed by atoms with Gasteiger partial charge in [0.05, 0.1) is 10.4 Å². The predicted octanol–water partition coefficient (Wildman–Crippen LogP) is 5.49. The average molecular weight is 434 g/mol. The van der Waals surface area contributed by atoms with Crippen molar-refractivity contribution in [2.75, 3.05) is 22.7 Å². The number of fused-ring (bicyclic) bond motifs is 1. The molecule has 0 amide bonds. The van der Waals surface area contributed by atoms with Gasteiger partial charge in [-0.1, -0.05) is 48.5 Å². The summed E-state index contributed by atoms with van der Waals surface area (Å²) in [5.41, 5.74) is 3.97. The molecule has 160 valence electrons. The van der Waals surface area contributed by atoms with Gasteiger partial charge >= 0.3 is 0 Å². The van der Waals surface area contributed by atoms with Crippen molar-refractivity contribution in [3.8, 4) is 11.1 Å². The molecule has 0 aliphatic rings. The summed E-state index contributed by atoms with van der Waals surface area (Å²) in [6.45, 7) is 6.15. The van der Waals surface area contributed by atoms with Crippen LogP contribution >= 0.6 is 0 Å². The fraction of sp³-hybridized carbons (Fsp3) is 0.200. The Morgan fingerprint density at radius 2 is 1.45 bits per heavy atom. The second-order valence-electron chi connectivity index (χ2n) is 7.44. The first-order valence-corrected chi connectivity index (χ1v) is 11.9. The van der Waals surface area contributed by atoms with E-state index in [1.807, 2.05) is 35.9 Å². The van der Waals surface area contributed by atoms with Gasteiger partial charge in [0, 0.05) is 36.8 Å². The molecule has 0 unspecified atom stereocenters. The summed E-state index contributed by atoms with van der Waals surface area (Å²) in [6, 6.07) is 24.8. The van der Waals surface area contributed by atoms with Crippen molar-refractivity contribution in [1.82, 2.24) is 4.57 Å². The van der Waals surface area contributed by atoms with Crippen LogP contribution in [0.5, 0.6) is 0 Å². The maximum absolute atomic E-state index is 13.1. The molecule has 0 atom stereocenters. The molecular weight excluding hydrogens is 406 g/mol. The SMILES string of the molecule is CCN(CC)c1ccc(-c2c(NS(=O)(=O)c3ccccc3)n(C)c3ccccc23)cc1. The van der Waals surface area contributed by atoms with Gasteiger partial charge in [-0.15, -0.1) is 0 Å². The second kappa shape index (κ2) is 8.47. The van der Waals surface area contributed by atoms with Gasteiger partial charge in [0.25, 0.3) is 10.0 Å². The highest BCUT2D eigenvalue weighted by Crippen LogP contribution is 2.39. The van der Waals surface area contributed by atoms with Crippen LogP contribution in [-0.2, 0) is 17.1 Å². The fourth-order valence-corrected chi connectivity index (χ4v) is 5.15. The number of aromatic nitrogens is 1. The van der Waals surface area contributed by atoms with E-state index in [1.165, 1.54) is 0 Å². The first-order valence-electron chi connectivity index (χ1n) is 10.5. The molecule has 1 N–H and O–H groups in total. The van der Waals surface area contributed by atoms with Crippen LogP contribution in [0.4, 0.5) is 11.5 Å². The number of para-hydroxylation sites is 1. The fourth-order valence-electron chi connectivity index (χ4n) is 4.02. The van der Waals surface area contributed by atoms with Gasteiger partial charge in [-0.2, -0.15) is 0 Å². The molecule has 0 aliphatic carbocycles. The van der Waals surface area contributed by atoms with E-state index in [2.05, 4.69) is 47.7 Å². The largest absolute Gasteiger partial charge is 0.372 e. The highest BCUT2D eigenvalue weighted by molar-refractivity contribution is 7.92. The number of hydrogen-bond donors (Lipinski definition) is 1.